The van der Waals surface area contributed by atoms with Crippen molar-refractivity contribution in [2.45, 2.75) is 51.0 Å². The highest BCUT2D eigenvalue weighted by Gasteiger charge is 2.31. The molecule has 2 N–H and O–H groups in total. The molecule has 4 aromatic rings. The predicted octanol–water partition coefficient (Wildman–Crippen LogP) is 6.42. The third-order valence-corrected chi connectivity index (χ3v) is 7.26. The minimum absolute atomic E-state index is 0.0708. The quantitative estimate of drug-likeness (QED) is 0.165. The van der Waals surface area contributed by atoms with Gasteiger partial charge in [0, 0.05) is 12.1 Å². The van der Waals surface area contributed by atoms with Gasteiger partial charge in [-0.15, -0.1) is 0 Å². The second-order valence-corrected chi connectivity index (χ2v) is 10.7. The lowest BCUT2D eigenvalue weighted by Gasteiger charge is -2.30. The van der Waals surface area contributed by atoms with Gasteiger partial charge in [-0.3, -0.25) is 0 Å². The summed E-state index contributed by atoms with van der Waals surface area (Å²) in [6, 6.07) is 36.6. The number of carbonyl (C=O) groups is 3. The molecule has 0 unspecified atom stereocenters. The largest absolute Gasteiger partial charge is 0.445 e. The van der Waals surface area contributed by atoms with Gasteiger partial charge in [0.2, 0.25) is 0 Å². The highest BCUT2D eigenvalue weighted by molar-refractivity contribution is 5.69. The number of benzene rings is 4. The average molecular weight is 594 g/mol. The van der Waals surface area contributed by atoms with Crippen molar-refractivity contribution in [3.63, 3.8) is 0 Å². The summed E-state index contributed by atoms with van der Waals surface area (Å²) in [6.07, 6.45) is -0.580. The number of ether oxygens (including phenoxy) is 2. The van der Waals surface area contributed by atoms with E-state index in [4.69, 9.17) is 9.47 Å². The Morgan fingerprint density at radius 1 is 0.545 bits per heavy atom. The number of hydrogen-bond donors (Lipinski definition) is 2. The molecule has 0 spiro atoms. The van der Waals surface area contributed by atoms with Gasteiger partial charge in [0.15, 0.2) is 0 Å². The summed E-state index contributed by atoms with van der Waals surface area (Å²) in [6.45, 7) is 0.167. The molecular weight excluding hydrogens is 556 g/mol. The van der Waals surface area contributed by atoms with Crippen LogP contribution in [0.4, 0.5) is 9.59 Å². The van der Waals surface area contributed by atoms with E-state index in [2.05, 4.69) is 10.6 Å². The molecule has 0 aliphatic heterocycles. The van der Waals surface area contributed by atoms with E-state index in [-0.39, 0.29) is 26.1 Å². The molecule has 0 saturated carbocycles. The molecule has 0 bridgehead atoms. The number of rotatable bonds is 15. The molecule has 1 radical (unpaired) electrons. The van der Waals surface area contributed by atoms with Crippen molar-refractivity contribution in [3.8, 4) is 0 Å². The molecule has 0 fully saturated rings. The lowest BCUT2D eigenvalue weighted by molar-refractivity contribution is -0.144. The van der Waals surface area contributed by atoms with Crippen LogP contribution in [-0.2, 0) is 45.4 Å². The van der Waals surface area contributed by atoms with Gasteiger partial charge in [-0.1, -0.05) is 121 Å². The second kappa shape index (κ2) is 17.1. The van der Waals surface area contributed by atoms with Gasteiger partial charge in [0.25, 0.3) is 0 Å². The van der Waals surface area contributed by atoms with E-state index in [1.54, 1.807) is 0 Å². The Balaban J connectivity index is 1.52. The first-order valence-corrected chi connectivity index (χ1v) is 14.7. The normalized spacial score (nSPS) is 12.7. The molecule has 4 rings (SSSR count). The van der Waals surface area contributed by atoms with Crippen LogP contribution in [0.5, 0.6) is 0 Å². The van der Waals surface area contributed by atoms with Gasteiger partial charge in [0.05, 0.1) is 6.42 Å². The van der Waals surface area contributed by atoms with Crippen LogP contribution in [0, 0.1) is 5.92 Å². The topological polar surface area (TPSA) is 114 Å². The van der Waals surface area contributed by atoms with Gasteiger partial charge in [-0.25, -0.2) is 19.5 Å². The molecule has 0 aliphatic rings. The summed E-state index contributed by atoms with van der Waals surface area (Å²) in [5.74, 6) is -1.86. The minimum atomic E-state index is -1.25. The lowest BCUT2D eigenvalue weighted by atomic mass is 9.84. The highest BCUT2D eigenvalue weighted by atomic mass is 16.6. The fourth-order valence-electron chi connectivity index (χ4n) is 5.11. The van der Waals surface area contributed by atoms with Crippen LogP contribution >= 0.6 is 0 Å². The minimum Gasteiger partial charge on any atom is -0.445 e. The van der Waals surface area contributed by atoms with Crippen LogP contribution in [0.3, 0.4) is 0 Å². The van der Waals surface area contributed by atoms with E-state index in [9.17, 15) is 19.5 Å². The molecule has 44 heavy (non-hydrogen) atoms. The zero-order chi connectivity index (χ0) is 31.0. The summed E-state index contributed by atoms with van der Waals surface area (Å²) in [5, 5.41) is 17.9. The summed E-state index contributed by atoms with van der Waals surface area (Å²) in [5.41, 5.74) is 3.55. The lowest BCUT2D eigenvalue weighted by Crippen LogP contribution is -2.46. The third kappa shape index (κ3) is 11.3. The van der Waals surface area contributed by atoms with E-state index < -0.39 is 36.2 Å². The van der Waals surface area contributed by atoms with E-state index in [0.29, 0.717) is 12.8 Å². The van der Waals surface area contributed by atoms with Crippen LogP contribution in [0.15, 0.2) is 121 Å². The molecule has 8 heteroatoms. The van der Waals surface area contributed by atoms with Crippen molar-refractivity contribution in [2.75, 3.05) is 0 Å². The summed E-state index contributed by atoms with van der Waals surface area (Å²) < 4.78 is 11.0. The summed E-state index contributed by atoms with van der Waals surface area (Å²) in [4.78, 5) is 37.9. The van der Waals surface area contributed by atoms with Crippen LogP contribution in [-0.4, -0.2) is 30.2 Å². The zero-order valence-corrected chi connectivity index (χ0v) is 24.5. The maximum Gasteiger partial charge on any atom is 0.407 e. The monoisotopic (exact) mass is 593 g/mol. The van der Waals surface area contributed by atoms with E-state index in [0.717, 1.165) is 22.3 Å². The van der Waals surface area contributed by atoms with Crippen LogP contribution in [0.25, 0.3) is 0 Å². The average Bonchev–Trinajstić information content (AvgIpc) is 3.04. The maximum absolute atomic E-state index is 13.0. The molecule has 0 heterocycles. The molecule has 0 aromatic heterocycles. The van der Waals surface area contributed by atoms with Crippen molar-refractivity contribution in [3.05, 3.63) is 144 Å². The van der Waals surface area contributed by atoms with Crippen LogP contribution in [0.1, 0.15) is 35.1 Å². The van der Waals surface area contributed by atoms with E-state index in [1.807, 2.05) is 121 Å². The van der Waals surface area contributed by atoms with Crippen LogP contribution < -0.4 is 10.6 Å². The molecular formula is C36H37N2O6. The van der Waals surface area contributed by atoms with Crippen LogP contribution in [0.2, 0.25) is 0 Å². The molecule has 0 saturated heterocycles. The van der Waals surface area contributed by atoms with Crippen molar-refractivity contribution in [1.82, 2.24) is 10.6 Å². The molecule has 4 aromatic carbocycles. The summed E-state index contributed by atoms with van der Waals surface area (Å²) >= 11 is 0. The van der Waals surface area contributed by atoms with Gasteiger partial charge >= 0.3 is 18.2 Å². The Hall–Kier alpha value is -5.11. The van der Waals surface area contributed by atoms with Gasteiger partial charge in [0.1, 0.15) is 13.2 Å². The van der Waals surface area contributed by atoms with Crippen molar-refractivity contribution in [2.24, 2.45) is 5.92 Å². The van der Waals surface area contributed by atoms with Gasteiger partial charge < -0.3 is 20.1 Å². The molecule has 2 amide bonds. The maximum atomic E-state index is 13.0. The fourth-order valence-corrected chi connectivity index (χ4v) is 5.11. The number of amides is 2. The Labute approximate surface area is 258 Å². The van der Waals surface area contributed by atoms with Crippen molar-refractivity contribution < 1.29 is 29.0 Å². The predicted molar refractivity (Wildman–Crippen MR) is 166 cm³/mol. The smallest absolute Gasteiger partial charge is 0.407 e. The first kappa shape index (κ1) is 31.8. The molecule has 8 nitrogen and oxygen atoms in total. The summed E-state index contributed by atoms with van der Waals surface area (Å²) in [7, 11) is 0. The third-order valence-electron chi connectivity index (χ3n) is 7.26. The standard InChI is InChI=1S/C36H37N2O6/c39-34(40)24-31(33(22-28-15-7-2-8-16-28)38-36(42)44-26-30-19-11-4-12-20-30)23-32(21-27-13-5-1-6-14-27)37-35(41)43-25-29-17-9-3-10-18-29/h1-20,31-33H,21-26H2,(H,37,41)(H,38,42)/t31-,32-,33+/m1/s1. The highest BCUT2D eigenvalue weighted by Crippen LogP contribution is 2.23. The second-order valence-electron chi connectivity index (χ2n) is 10.7. The van der Waals surface area contributed by atoms with E-state index in [1.165, 1.54) is 0 Å². The number of carbonyl (C=O) groups excluding carboxylic acids is 3. The molecule has 227 valence electrons. The van der Waals surface area contributed by atoms with E-state index >= 15 is 0 Å². The first-order chi connectivity index (χ1) is 21.4. The Morgan fingerprint density at radius 3 is 1.41 bits per heavy atom. The SMILES string of the molecule is [O]C(=O)C[C@@H](C[C@@H](Cc1ccccc1)NC(=O)OCc1ccccc1)[C@H](Cc1ccccc1)NC(=O)OCc1ccccc1. The zero-order valence-electron chi connectivity index (χ0n) is 24.5. The number of hydrogen-bond acceptors (Lipinski definition) is 5. The molecule has 3 atom stereocenters. The Kier molecular flexibility index (Phi) is 12.4. The van der Waals surface area contributed by atoms with Gasteiger partial charge in [-0.2, -0.15) is 0 Å². The Morgan fingerprint density at radius 2 is 0.955 bits per heavy atom. The van der Waals surface area contributed by atoms with Gasteiger partial charge in [-0.05, 0) is 47.4 Å². The number of alkyl carbamates (subject to hydrolysis) is 2. The molecule has 0 aliphatic carbocycles. The number of nitrogens with one attached hydrogen (secondary N) is 2. The van der Waals surface area contributed by atoms with Crippen molar-refractivity contribution in [1.29, 1.82) is 0 Å². The first-order valence-electron chi connectivity index (χ1n) is 14.7. The Bertz CT molecular complexity index is 1430. The van der Waals surface area contributed by atoms with Crippen molar-refractivity contribution >= 4 is 18.2 Å². The fraction of sp³-hybridized carbons (Fsp3) is 0.250.